The van der Waals surface area contributed by atoms with E-state index in [1.54, 1.807) is 0 Å². The molecular weight excluding hydrogens is 360 g/mol. The average Bonchev–Trinajstić information content (AvgIpc) is 2.75. The van der Waals surface area contributed by atoms with Crippen molar-refractivity contribution in [1.29, 1.82) is 0 Å². The second-order valence-corrected chi connectivity index (χ2v) is 8.22. The van der Waals surface area contributed by atoms with Crippen LogP contribution in [0.5, 0.6) is 5.75 Å². The van der Waals surface area contributed by atoms with Gasteiger partial charge in [0.25, 0.3) is 0 Å². The summed E-state index contributed by atoms with van der Waals surface area (Å²) in [4.78, 5) is 0. The lowest BCUT2D eigenvalue weighted by Gasteiger charge is -2.13. The number of rotatable bonds is 7. The molecule has 0 fully saturated rings. The minimum atomic E-state index is 0.600. The van der Waals surface area contributed by atoms with E-state index in [2.05, 4.69) is 92.7 Å². The summed E-state index contributed by atoms with van der Waals surface area (Å²) in [5.41, 5.74) is 2.78. The SMILES string of the molecule is CCC(C)c1ccc(OCSCc2c3ccccc3cc3ccccc23)cc1. The normalized spacial score (nSPS) is 12.4. The predicted octanol–water partition coefficient (Wildman–Crippen LogP) is 7.78. The topological polar surface area (TPSA) is 9.23 Å². The number of hydrogen-bond donors (Lipinski definition) is 0. The third-order valence-electron chi connectivity index (χ3n) is 5.50. The molecule has 0 heterocycles. The Balaban J connectivity index is 1.47. The molecule has 0 aliphatic carbocycles. The molecule has 4 aromatic carbocycles. The van der Waals surface area contributed by atoms with E-state index in [0.29, 0.717) is 11.9 Å². The van der Waals surface area contributed by atoms with Crippen LogP contribution in [0.15, 0.2) is 78.9 Å². The quantitative estimate of drug-likeness (QED) is 0.182. The highest BCUT2D eigenvalue weighted by Crippen LogP contribution is 2.31. The summed E-state index contributed by atoms with van der Waals surface area (Å²) in [5.74, 6) is 3.14. The standard InChI is InChI=1S/C26H26OS/c1-3-19(2)20-12-14-23(15-13-20)27-18-28-17-26-24-10-6-4-8-21(24)16-22-9-5-7-11-25(22)26/h4-16,19H,3,17-18H2,1-2H3. The third kappa shape index (κ3) is 4.02. The fourth-order valence-electron chi connectivity index (χ4n) is 3.65. The minimum Gasteiger partial charge on any atom is -0.483 e. The molecule has 0 amide bonds. The molecule has 1 atom stereocenters. The van der Waals surface area contributed by atoms with Crippen molar-refractivity contribution in [1.82, 2.24) is 0 Å². The summed E-state index contributed by atoms with van der Waals surface area (Å²) in [6.45, 7) is 4.49. The molecule has 0 N–H and O–H groups in total. The van der Waals surface area contributed by atoms with Gasteiger partial charge >= 0.3 is 0 Å². The first-order valence-electron chi connectivity index (χ1n) is 9.96. The maximum Gasteiger partial charge on any atom is 0.134 e. The second kappa shape index (κ2) is 8.70. The van der Waals surface area contributed by atoms with Gasteiger partial charge in [-0.2, -0.15) is 0 Å². The average molecular weight is 387 g/mol. The van der Waals surface area contributed by atoms with E-state index in [1.807, 2.05) is 11.8 Å². The van der Waals surface area contributed by atoms with Crippen LogP contribution in [0.2, 0.25) is 0 Å². The highest BCUT2D eigenvalue weighted by atomic mass is 32.2. The number of fused-ring (bicyclic) bond motifs is 2. The Hall–Kier alpha value is -2.45. The zero-order valence-electron chi connectivity index (χ0n) is 16.5. The van der Waals surface area contributed by atoms with Crippen molar-refractivity contribution in [3.63, 3.8) is 0 Å². The van der Waals surface area contributed by atoms with Gasteiger partial charge in [-0.3, -0.25) is 0 Å². The van der Waals surface area contributed by atoms with Crippen LogP contribution in [0.4, 0.5) is 0 Å². The summed E-state index contributed by atoms with van der Waals surface area (Å²) < 4.78 is 5.98. The Morgan fingerprint density at radius 1 is 0.821 bits per heavy atom. The first kappa shape index (κ1) is 18.9. The molecule has 0 aliphatic heterocycles. The van der Waals surface area contributed by atoms with Crippen molar-refractivity contribution in [2.45, 2.75) is 31.9 Å². The van der Waals surface area contributed by atoms with Crippen molar-refractivity contribution >= 4 is 33.3 Å². The van der Waals surface area contributed by atoms with Crippen LogP contribution in [0.1, 0.15) is 37.3 Å². The molecule has 0 radical (unpaired) electrons. The molecule has 4 rings (SSSR count). The van der Waals surface area contributed by atoms with Crippen LogP contribution in [-0.2, 0) is 5.75 Å². The van der Waals surface area contributed by atoms with Crippen molar-refractivity contribution in [3.8, 4) is 5.75 Å². The first-order valence-corrected chi connectivity index (χ1v) is 11.1. The molecule has 1 unspecified atom stereocenters. The maximum atomic E-state index is 5.98. The van der Waals surface area contributed by atoms with Crippen LogP contribution >= 0.6 is 11.8 Å². The van der Waals surface area contributed by atoms with Gasteiger partial charge < -0.3 is 4.74 Å². The highest BCUT2D eigenvalue weighted by molar-refractivity contribution is 7.98. The van der Waals surface area contributed by atoms with Crippen molar-refractivity contribution in [2.75, 3.05) is 5.94 Å². The number of benzene rings is 4. The van der Waals surface area contributed by atoms with E-state index >= 15 is 0 Å². The van der Waals surface area contributed by atoms with Crippen LogP contribution < -0.4 is 4.74 Å². The molecular formula is C26H26OS. The first-order chi connectivity index (χ1) is 13.8. The monoisotopic (exact) mass is 386 g/mol. The van der Waals surface area contributed by atoms with Gasteiger partial charge in [-0.05, 0) is 63.2 Å². The van der Waals surface area contributed by atoms with Gasteiger partial charge in [0.1, 0.15) is 11.7 Å². The highest BCUT2D eigenvalue weighted by Gasteiger charge is 2.08. The van der Waals surface area contributed by atoms with Crippen LogP contribution in [0, 0.1) is 0 Å². The lowest BCUT2D eigenvalue weighted by atomic mass is 9.98. The summed E-state index contributed by atoms with van der Waals surface area (Å²) in [5, 5.41) is 5.29. The Bertz CT molecular complexity index is 1010. The fourth-order valence-corrected chi connectivity index (χ4v) is 4.46. The van der Waals surface area contributed by atoms with E-state index < -0.39 is 0 Å². The van der Waals surface area contributed by atoms with E-state index in [4.69, 9.17) is 4.74 Å². The Morgan fingerprint density at radius 3 is 2.04 bits per heavy atom. The molecule has 0 saturated carbocycles. The molecule has 0 spiro atoms. The van der Waals surface area contributed by atoms with Crippen LogP contribution in [0.3, 0.4) is 0 Å². The number of ether oxygens (including phenoxy) is 1. The molecule has 0 aromatic heterocycles. The van der Waals surface area contributed by atoms with Gasteiger partial charge in [-0.25, -0.2) is 0 Å². The van der Waals surface area contributed by atoms with E-state index in [1.165, 1.54) is 32.7 Å². The number of hydrogen-bond acceptors (Lipinski definition) is 2. The van der Waals surface area contributed by atoms with Crippen molar-refractivity contribution in [3.05, 3.63) is 90.0 Å². The molecule has 2 heteroatoms. The van der Waals surface area contributed by atoms with Gasteiger partial charge in [0.15, 0.2) is 0 Å². The Morgan fingerprint density at radius 2 is 1.43 bits per heavy atom. The van der Waals surface area contributed by atoms with Gasteiger partial charge in [-0.1, -0.05) is 74.5 Å². The summed E-state index contributed by atoms with van der Waals surface area (Å²) in [6, 6.07) is 28.2. The van der Waals surface area contributed by atoms with Gasteiger partial charge in [0, 0.05) is 5.75 Å². The summed E-state index contributed by atoms with van der Waals surface area (Å²) in [6.07, 6.45) is 1.16. The molecule has 142 valence electrons. The molecule has 0 saturated heterocycles. The zero-order valence-corrected chi connectivity index (χ0v) is 17.3. The van der Waals surface area contributed by atoms with Gasteiger partial charge in [0.2, 0.25) is 0 Å². The fraction of sp³-hybridized carbons (Fsp3) is 0.231. The Labute approximate surface area is 171 Å². The second-order valence-electron chi connectivity index (χ2n) is 7.29. The third-order valence-corrected chi connectivity index (χ3v) is 6.28. The Kier molecular flexibility index (Phi) is 5.87. The van der Waals surface area contributed by atoms with Gasteiger partial charge in [-0.15, -0.1) is 11.8 Å². The van der Waals surface area contributed by atoms with Crippen molar-refractivity contribution in [2.24, 2.45) is 0 Å². The molecule has 1 nitrogen and oxygen atoms in total. The smallest absolute Gasteiger partial charge is 0.134 e. The predicted molar refractivity (Wildman–Crippen MR) is 123 cm³/mol. The van der Waals surface area contributed by atoms with Crippen molar-refractivity contribution < 1.29 is 4.74 Å². The summed E-state index contributed by atoms with van der Waals surface area (Å²) >= 11 is 1.82. The maximum absolute atomic E-state index is 5.98. The lowest BCUT2D eigenvalue weighted by molar-refractivity contribution is 0.392. The molecule has 0 bridgehead atoms. The molecule has 28 heavy (non-hydrogen) atoms. The van der Waals surface area contributed by atoms with E-state index in [-0.39, 0.29) is 0 Å². The van der Waals surface area contributed by atoms with Crippen LogP contribution in [0.25, 0.3) is 21.5 Å². The molecule has 4 aromatic rings. The summed E-state index contributed by atoms with van der Waals surface area (Å²) in [7, 11) is 0. The lowest BCUT2D eigenvalue weighted by Crippen LogP contribution is -1.96. The minimum absolute atomic E-state index is 0.600. The largest absolute Gasteiger partial charge is 0.483 e. The van der Waals surface area contributed by atoms with E-state index in [9.17, 15) is 0 Å². The number of thioether (sulfide) groups is 1. The van der Waals surface area contributed by atoms with E-state index in [0.717, 1.165) is 17.9 Å². The zero-order chi connectivity index (χ0) is 19.3. The molecule has 0 aliphatic rings. The van der Waals surface area contributed by atoms with Crippen LogP contribution in [-0.4, -0.2) is 5.94 Å². The van der Waals surface area contributed by atoms with Gasteiger partial charge in [0.05, 0.1) is 0 Å².